The predicted molar refractivity (Wildman–Crippen MR) is 214 cm³/mol. The molecule has 10 nitrogen and oxygen atoms in total. The van der Waals surface area contributed by atoms with Gasteiger partial charge in [-0.3, -0.25) is 24.4 Å². The summed E-state index contributed by atoms with van der Waals surface area (Å²) in [6, 6.07) is 14.7. The lowest BCUT2D eigenvalue weighted by Gasteiger charge is -2.29. The number of thiazole rings is 1. The van der Waals surface area contributed by atoms with E-state index in [2.05, 4.69) is 79.3 Å². The Bertz CT molecular complexity index is 2520. The zero-order valence-corrected chi connectivity index (χ0v) is 32.3. The van der Waals surface area contributed by atoms with Crippen molar-refractivity contribution in [2.45, 2.75) is 65.2 Å². The number of carbonyl (C=O) groups is 3. The summed E-state index contributed by atoms with van der Waals surface area (Å²) in [5.74, 6) is 18.9. The number of rotatable bonds is 0. The molecule has 6 aromatic heterocycles. The van der Waals surface area contributed by atoms with E-state index in [0.717, 1.165) is 82.0 Å². The minimum atomic E-state index is -0.0213. The van der Waals surface area contributed by atoms with E-state index in [1.165, 1.54) is 17.7 Å². The summed E-state index contributed by atoms with van der Waals surface area (Å²) in [4.78, 5) is 61.5. The third kappa shape index (κ3) is 10.3. The molecule has 0 spiro atoms. The van der Waals surface area contributed by atoms with Gasteiger partial charge in [0.1, 0.15) is 17.1 Å². The third-order valence-electron chi connectivity index (χ3n) is 9.23. The van der Waals surface area contributed by atoms with E-state index in [4.69, 9.17) is 4.42 Å². The largest absolute Gasteiger partial charge is 0.435 e. The quantitative estimate of drug-likeness (QED) is 0.143. The van der Waals surface area contributed by atoms with Crippen LogP contribution in [0.5, 0.6) is 0 Å². The number of nitrogens with zero attached hydrogens (tertiary/aromatic N) is 6. The van der Waals surface area contributed by atoms with Crippen LogP contribution in [-0.2, 0) is 19.3 Å². The number of Topliss-reactive ketones (excluding diaryl/α,β-unsaturated/α-hetero) is 3. The maximum Gasteiger partial charge on any atom is 0.197 e. The maximum absolute atomic E-state index is 12.1. The maximum atomic E-state index is 12.1. The Balaban J connectivity index is 0.000000131. The van der Waals surface area contributed by atoms with Crippen LogP contribution in [0.2, 0.25) is 0 Å². The minimum absolute atomic E-state index is 0.0213. The van der Waals surface area contributed by atoms with Crippen molar-refractivity contribution in [3.05, 3.63) is 152 Å². The van der Waals surface area contributed by atoms with E-state index in [1.807, 2.05) is 42.5 Å². The second-order valence-electron chi connectivity index (χ2n) is 14.3. The molecule has 0 amide bonds. The first kappa shape index (κ1) is 38.4. The number of pyridine rings is 4. The van der Waals surface area contributed by atoms with Crippen molar-refractivity contribution in [1.29, 1.82) is 0 Å². The van der Waals surface area contributed by atoms with Gasteiger partial charge in [0.05, 0.1) is 39.9 Å². The Kier molecular flexibility index (Phi) is 11.9. The SMILES string of the molecule is CC1(C)CC(=O)c2ccc(C#Cc3cccnc3)nc2C1.O=C1CCCc2nc(C#Cc3cnco3)ccc21.O=C1CCCc2nc(C#Cc3cncs3)ccc21. The lowest BCUT2D eigenvalue weighted by Crippen LogP contribution is -2.28. The molecule has 0 aromatic carbocycles. The number of hydrogen-bond donors (Lipinski definition) is 0. The highest BCUT2D eigenvalue weighted by molar-refractivity contribution is 7.10. The topological polar surface area (TPSA) is 142 Å². The number of aromatic nitrogens is 6. The molecule has 0 bridgehead atoms. The van der Waals surface area contributed by atoms with Gasteiger partial charge >= 0.3 is 0 Å². The number of aryl methyl sites for hydroxylation is 2. The van der Waals surface area contributed by atoms with Gasteiger partial charge in [0.2, 0.25) is 0 Å². The Hall–Kier alpha value is -6.87. The number of carbonyl (C=O) groups excluding carboxylic acids is 3. The molecule has 0 radical (unpaired) electrons. The number of ketones is 3. The second-order valence-corrected chi connectivity index (χ2v) is 15.2. The molecule has 0 N–H and O–H groups in total. The van der Waals surface area contributed by atoms with Gasteiger partial charge < -0.3 is 4.42 Å². The van der Waals surface area contributed by atoms with E-state index in [1.54, 1.807) is 36.4 Å². The first-order valence-electron chi connectivity index (χ1n) is 18.5. The van der Waals surface area contributed by atoms with Crippen molar-refractivity contribution < 1.29 is 18.8 Å². The fourth-order valence-electron chi connectivity index (χ4n) is 6.52. The van der Waals surface area contributed by atoms with Crippen molar-refractivity contribution in [3.8, 4) is 35.5 Å². The number of fused-ring (bicyclic) bond motifs is 3. The van der Waals surface area contributed by atoms with Gasteiger partial charge in [-0.05, 0) is 116 Å². The molecule has 0 aliphatic heterocycles. The third-order valence-corrected chi connectivity index (χ3v) is 9.92. The molecule has 0 atom stereocenters. The van der Waals surface area contributed by atoms with E-state index < -0.39 is 0 Å². The molecule has 0 fully saturated rings. The Labute approximate surface area is 334 Å². The summed E-state index contributed by atoms with van der Waals surface area (Å²) in [6.45, 7) is 4.20. The highest BCUT2D eigenvalue weighted by Crippen LogP contribution is 2.33. The smallest absolute Gasteiger partial charge is 0.197 e. The van der Waals surface area contributed by atoms with Crippen LogP contribution in [0.25, 0.3) is 0 Å². The molecule has 3 aliphatic carbocycles. The van der Waals surface area contributed by atoms with Crippen molar-refractivity contribution in [2.75, 3.05) is 0 Å². The number of oxazole rings is 1. The zero-order chi connectivity index (χ0) is 39.6. The summed E-state index contributed by atoms with van der Waals surface area (Å²) in [5, 5.41) is 0. The lowest BCUT2D eigenvalue weighted by atomic mass is 9.75. The van der Waals surface area contributed by atoms with Gasteiger partial charge in [-0.1, -0.05) is 19.8 Å². The Morgan fingerprint density at radius 2 is 1.21 bits per heavy atom. The molecule has 11 heteroatoms. The zero-order valence-electron chi connectivity index (χ0n) is 31.5. The molecule has 6 aromatic rings. The normalized spacial score (nSPS) is 14.5. The Morgan fingerprint density at radius 1 is 0.596 bits per heavy atom. The van der Waals surface area contributed by atoms with Gasteiger partial charge in [0.25, 0.3) is 0 Å². The molecular weight excluding hydrogens is 733 g/mol. The molecule has 3 aliphatic rings. The van der Waals surface area contributed by atoms with Gasteiger partial charge in [0, 0.05) is 53.9 Å². The molecule has 9 rings (SSSR count). The molecule has 57 heavy (non-hydrogen) atoms. The summed E-state index contributed by atoms with van der Waals surface area (Å²) in [5.41, 5.74) is 9.54. The Morgan fingerprint density at radius 3 is 1.79 bits per heavy atom. The van der Waals surface area contributed by atoms with Crippen molar-refractivity contribution in [3.63, 3.8) is 0 Å². The summed E-state index contributed by atoms with van der Waals surface area (Å²) >= 11 is 1.50. The van der Waals surface area contributed by atoms with Crippen LogP contribution in [0.4, 0.5) is 0 Å². The van der Waals surface area contributed by atoms with Crippen molar-refractivity contribution >= 4 is 28.7 Å². The van der Waals surface area contributed by atoms with Crippen LogP contribution < -0.4 is 0 Å². The fourth-order valence-corrected chi connectivity index (χ4v) is 6.98. The van der Waals surface area contributed by atoms with E-state index >= 15 is 0 Å². The van der Waals surface area contributed by atoms with Crippen LogP contribution in [0.15, 0.2) is 89.6 Å². The predicted octanol–water partition coefficient (Wildman–Crippen LogP) is 7.48. The first-order valence-corrected chi connectivity index (χ1v) is 19.4. The molecule has 0 saturated heterocycles. The molecule has 6 heterocycles. The van der Waals surface area contributed by atoms with Gasteiger partial charge in [-0.15, -0.1) is 11.3 Å². The monoisotopic (exact) mass is 768 g/mol. The van der Waals surface area contributed by atoms with Gasteiger partial charge in [-0.2, -0.15) is 0 Å². The highest BCUT2D eigenvalue weighted by atomic mass is 32.1. The van der Waals surface area contributed by atoms with Crippen molar-refractivity contribution in [2.24, 2.45) is 5.41 Å². The summed E-state index contributed by atoms with van der Waals surface area (Å²) < 4.78 is 5.02. The molecule has 280 valence electrons. The summed E-state index contributed by atoms with van der Waals surface area (Å²) in [7, 11) is 0. The molecular formula is C46H36N6O4S. The molecule has 0 saturated carbocycles. The van der Waals surface area contributed by atoms with Crippen molar-refractivity contribution in [1.82, 2.24) is 29.9 Å². The van der Waals surface area contributed by atoms with Gasteiger partial charge in [0.15, 0.2) is 29.5 Å². The average molecular weight is 769 g/mol. The van der Waals surface area contributed by atoms with E-state index in [9.17, 15) is 14.4 Å². The average Bonchev–Trinajstić information content (AvgIpc) is 3.94. The number of hydrogen-bond acceptors (Lipinski definition) is 11. The second kappa shape index (κ2) is 17.7. The molecule has 0 unspecified atom stereocenters. The summed E-state index contributed by atoms with van der Waals surface area (Å²) in [6.07, 6.45) is 14.2. The first-order chi connectivity index (χ1) is 27.7. The highest BCUT2D eigenvalue weighted by Gasteiger charge is 2.31. The van der Waals surface area contributed by atoms with Crippen LogP contribution >= 0.6 is 11.3 Å². The van der Waals surface area contributed by atoms with Crippen LogP contribution in [0.1, 0.15) is 127 Å². The lowest BCUT2D eigenvalue weighted by molar-refractivity contribution is 0.0908. The van der Waals surface area contributed by atoms with Gasteiger partial charge in [-0.25, -0.2) is 19.9 Å². The van der Waals surface area contributed by atoms with Crippen LogP contribution in [0.3, 0.4) is 0 Å². The van der Waals surface area contributed by atoms with E-state index in [-0.39, 0.29) is 22.8 Å². The minimum Gasteiger partial charge on any atom is -0.435 e. The van der Waals surface area contributed by atoms with E-state index in [0.29, 0.717) is 36.4 Å². The fraction of sp³-hybridized carbons (Fsp3) is 0.239. The standard InChI is InChI=1S/C18H16N2O.C14H10N2O2.C14H10N2OS/c1-18(2)10-16-15(17(21)11-18)8-7-14(20-16)6-5-13-4-3-9-19-12-13;2*17-14-3-1-2-13-12(14)7-5-10(16-13)4-6-11-8-15-9-18-11/h3-4,7-9,12H,10-11H2,1-2H3;2*5,7-9H,1-3H2. The van der Waals surface area contributed by atoms with Crippen LogP contribution in [0, 0.1) is 40.9 Å². The van der Waals surface area contributed by atoms with Crippen LogP contribution in [-0.4, -0.2) is 47.3 Å².